The van der Waals surface area contributed by atoms with Crippen LogP contribution in [-0.4, -0.2) is 60.7 Å². The molecule has 3 rings (SSSR count). The molecule has 0 radical (unpaired) electrons. The molecule has 8 heteroatoms. The number of imide groups is 1. The molecule has 1 aliphatic heterocycles. The molecule has 1 N–H and O–H groups in total. The van der Waals surface area contributed by atoms with Crippen LogP contribution >= 0.6 is 0 Å². The van der Waals surface area contributed by atoms with Crippen LogP contribution in [0, 0.1) is 11.8 Å². The van der Waals surface area contributed by atoms with Crippen LogP contribution in [0.4, 0.5) is 5.69 Å². The van der Waals surface area contributed by atoms with Gasteiger partial charge in [0.2, 0.25) is 23.6 Å². The highest BCUT2D eigenvalue weighted by Gasteiger charge is 2.48. The third kappa shape index (κ3) is 4.16. The van der Waals surface area contributed by atoms with E-state index in [1.165, 1.54) is 11.9 Å². The number of likely N-dealkylation sites (N-methyl/N-ethyl adjacent to an activating group) is 1. The maximum Gasteiger partial charge on any atom is 0.243 e. The second-order valence-electron chi connectivity index (χ2n) is 7.29. The Morgan fingerprint density at radius 3 is 2.21 bits per heavy atom. The van der Waals surface area contributed by atoms with Gasteiger partial charge in [0.15, 0.2) is 0 Å². The fraction of sp³-hybridized carbons (Fsp3) is 0.500. The van der Waals surface area contributed by atoms with Gasteiger partial charge in [-0.1, -0.05) is 12.8 Å². The lowest BCUT2D eigenvalue weighted by Crippen LogP contribution is -2.44. The third-order valence-corrected chi connectivity index (χ3v) is 5.41. The summed E-state index contributed by atoms with van der Waals surface area (Å²) in [6.45, 7) is -0.481. The van der Waals surface area contributed by atoms with Gasteiger partial charge in [-0.15, -0.1) is 0 Å². The highest BCUT2D eigenvalue weighted by atomic mass is 16.5. The quantitative estimate of drug-likeness (QED) is 0.742. The summed E-state index contributed by atoms with van der Waals surface area (Å²) in [6.07, 6.45) is 3.29. The van der Waals surface area contributed by atoms with Crippen LogP contribution in [0.1, 0.15) is 25.7 Å². The molecule has 8 nitrogen and oxygen atoms in total. The summed E-state index contributed by atoms with van der Waals surface area (Å²) in [6, 6.07) is 6.83. The number of rotatable bonds is 6. The van der Waals surface area contributed by atoms with E-state index in [0.29, 0.717) is 24.3 Å². The fourth-order valence-corrected chi connectivity index (χ4v) is 3.82. The topological polar surface area (TPSA) is 96.0 Å². The van der Waals surface area contributed by atoms with Gasteiger partial charge in [0.05, 0.1) is 25.5 Å². The van der Waals surface area contributed by atoms with Crippen molar-refractivity contribution < 1.29 is 23.9 Å². The first-order valence-electron chi connectivity index (χ1n) is 9.44. The minimum absolute atomic E-state index is 0.173. The van der Waals surface area contributed by atoms with Crippen LogP contribution < -0.4 is 10.1 Å². The van der Waals surface area contributed by atoms with E-state index in [4.69, 9.17) is 4.74 Å². The first-order chi connectivity index (χ1) is 13.4. The Hall–Kier alpha value is -2.90. The number of amides is 4. The van der Waals surface area contributed by atoms with Crippen molar-refractivity contribution in [3.05, 3.63) is 24.3 Å². The Bertz CT molecular complexity index is 753. The zero-order chi connectivity index (χ0) is 20.3. The minimum atomic E-state index is -0.440. The van der Waals surface area contributed by atoms with E-state index in [0.717, 1.165) is 17.7 Å². The second-order valence-corrected chi connectivity index (χ2v) is 7.29. The van der Waals surface area contributed by atoms with E-state index in [2.05, 4.69) is 5.32 Å². The molecule has 28 heavy (non-hydrogen) atoms. The van der Waals surface area contributed by atoms with Gasteiger partial charge in [-0.05, 0) is 37.1 Å². The van der Waals surface area contributed by atoms with Gasteiger partial charge in [-0.2, -0.15) is 0 Å². The van der Waals surface area contributed by atoms with Crippen molar-refractivity contribution >= 4 is 29.3 Å². The molecule has 0 spiro atoms. The van der Waals surface area contributed by atoms with Crippen LogP contribution in [-0.2, 0) is 19.2 Å². The molecule has 1 aromatic carbocycles. The molecule has 0 unspecified atom stereocenters. The molecule has 1 saturated carbocycles. The zero-order valence-corrected chi connectivity index (χ0v) is 16.1. The highest BCUT2D eigenvalue weighted by Crippen LogP contribution is 2.37. The van der Waals surface area contributed by atoms with E-state index >= 15 is 0 Å². The van der Waals surface area contributed by atoms with Crippen LogP contribution in [0.2, 0.25) is 0 Å². The Morgan fingerprint density at radius 2 is 1.68 bits per heavy atom. The molecule has 4 amide bonds. The van der Waals surface area contributed by atoms with Crippen molar-refractivity contribution in [3.8, 4) is 5.75 Å². The van der Waals surface area contributed by atoms with Gasteiger partial charge >= 0.3 is 0 Å². The smallest absolute Gasteiger partial charge is 0.243 e. The van der Waals surface area contributed by atoms with Crippen molar-refractivity contribution in [2.45, 2.75) is 25.7 Å². The van der Waals surface area contributed by atoms with E-state index in [1.807, 2.05) is 0 Å². The van der Waals surface area contributed by atoms with Crippen molar-refractivity contribution in [2.75, 3.05) is 32.6 Å². The maximum atomic E-state index is 12.5. The Labute approximate surface area is 163 Å². The normalized spacial score (nSPS) is 21.3. The summed E-state index contributed by atoms with van der Waals surface area (Å²) in [4.78, 5) is 51.9. The number of carbonyl (C=O) groups is 4. The first kappa shape index (κ1) is 19.9. The average molecular weight is 387 g/mol. The average Bonchev–Trinajstić information content (AvgIpc) is 2.93. The van der Waals surface area contributed by atoms with Crippen LogP contribution in [0.25, 0.3) is 0 Å². The minimum Gasteiger partial charge on any atom is -0.497 e. The van der Waals surface area contributed by atoms with Gasteiger partial charge in [-0.3, -0.25) is 24.1 Å². The largest absolute Gasteiger partial charge is 0.497 e. The number of hydrogen-bond acceptors (Lipinski definition) is 5. The second kappa shape index (κ2) is 8.41. The summed E-state index contributed by atoms with van der Waals surface area (Å²) < 4.78 is 5.06. The van der Waals surface area contributed by atoms with E-state index in [9.17, 15) is 19.2 Å². The van der Waals surface area contributed by atoms with Crippen LogP contribution in [0.5, 0.6) is 5.75 Å². The molecule has 2 fully saturated rings. The monoisotopic (exact) mass is 387 g/mol. The summed E-state index contributed by atoms with van der Waals surface area (Å²) in [5.74, 6) is -1.20. The van der Waals surface area contributed by atoms with Crippen LogP contribution in [0.3, 0.4) is 0 Å². The molecule has 2 atom stereocenters. The number of anilines is 1. The number of likely N-dealkylation sites (tertiary alicyclic amines) is 1. The highest BCUT2D eigenvalue weighted by molar-refractivity contribution is 6.07. The first-order valence-corrected chi connectivity index (χ1v) is 9.44. The molecule has 1 aromatic rings. The van der Waals surface area contributed by atoms with Crippen molar-refractivity contribution in [1.29, 1.82) is 0 Å². The Balaban J connectivity index is 1.53. The Kier molecular flexibility index (Phi) is 5.96. The predicted octanol–water partition coefficient (Wildman–Crippen LogP) is 1.27. The lowest BCUT2D eigenvalue weighted by molar-refractivity contribution is -0.146. The van der Waals surface area contributed by atoms with Gasteiger partial charge in [0.25, 0.3) is 0 Å². The van der Waals surface area contributed by atoms with Gasteiger partial charge < -0.3 is 15.0 Å². The lowest BCUT2D eigenvalue weighted by atomic mass is 9.81. The molecule has 0 bridgehead atoms. The summed E-state index contributed by atoms with van der Waals surface area (Å²) in [7, 11) is 3.03. The summed E-state index contributed by atoms with van der Waals surface area (Å²) in [5.41, 5.74) is 0.584. The number of carbonyl (C=O) groups excluding carboxylic acids is 4. The number of nitrogens with one attached hydrogen (secondary N) is 1. The molecule has 1 saturated heterocycles. The SMILES string of the molecule is COc1ccc(NC(=O)CN(C)C(=O)CN2C(=O)[C@H]3CCCC[C@H]3C2=O)cc1. The number of methoxy groups -OCH3 is 1. The number of benzene rings is 1. The molecule has 1 heterocycles. The standard InChI is InChI=1S/C20H25N3O5/c1-22(11-17(24)21-13-7-9-14(28-2)10-8-13)18(25)12-23-19(26)15-5-3-4-6-16(15)20(23)27/h7-10,15-16H,3-6,11-12H2,1-2H3,(H,21,24)/t15-,16+. The van der Waals surface area contributed by atoms with E-state index in [1.54, 1.807) is 31.4 Å². The maximum absolute atomic E-state index is 12.5. The number of hydrogen-bond donors (Lipinski definition) is 1. The number of nitrogens with zero attached hydrogens (tertiary/aromatic N) is 2. The van der Waals surface area contributed by atoms with Crippen molar-refractivity contribution in [2.24, 2.45) is 11.8 Å². The van der Waals surface area contributed by atoms with E-state index < -0.39 is 5.91 Å². The fourth-order valence-electron chi connectivity index (χ4n) is 3.82. The molecule has 1 aliphatic carbocycles. The molecule has 2 aliphatic rings. The van der Waals surface area contributed by atoms with E-state index in [-0.39, 0.29) is 42.6 Å². The lowest BCUT2D eigenvalue weighted by Gasteiger charge is -2.20. The third-order valence-electron chi connectivity index (χ3n) is 5.41. The number of fused-ring (bicyclic) bond motifs is 1. The molecular formula is C20H25N3O5. The molecule has 150 valence electrons. The van der Waals surface area contributed by atoms with Gasteiger partial charge in [0, 0.05) is 12.7 Å². The summed E-state index contributed by atoms with van der Waals surface area (Å²) >= 11 is 0. The predicted molar refractivity (Wildman–Crippen MR) is 101 cm³/mol. The van der Waals surface area contributed by atoms with Crippen LogP contribution in [0.15, 0.2) is 24.3 Å². The molecule has 0 aromatic heterocycles. The molecular weight excluding hydrogens is 362 g/mol. The van der Waals surface area contributed by atoms with Gasteiger partial charge in [0.1, 0.15) is 12.3 Å². The van der Waals surface area contributed by atoms with Crippen molar-refractivity contribution in [1.82, 2.24) is 9.80 Å². The van der Waals surface area contributed by atoms with Crippen molar-refractivity contribution in [3.63, 3.8) is 0 Å². The number of ether oxygens (including phenoxy) is 1. The Morgan fingerprint density at radius 1 is 1.11 bits per heavy atom. The summed E-state index contributed by atoms with van der Waals surface area (Å²) in [5, 5.41) is 2.69. The van der Waals surface area contributed by atoms with Gasteiger partial charge in [-0.25, -0.2) is 0 Å². The zero-order valence-electron chi connectivity index (χ0n) is 16.1.